The van der Waals surface area contributed by atoms with Gasteiger partial charge in [-0.25, -0.2) is 0 Å². The minimum atomic E-state index is -0.0786. The first-order valence-electron chi connectivity index (χ1n) is 7.62. The van der Waals surface area contributed by atoms with Crippen LogP contribution in [0.3, 0.4) is 0 Å². The van der Waals surface area contributed by atoms with Gasteiger partial charge in [0.2, 0.25) is 0 Å². The van der Waals surface area contributed by atoms with E-state index in [1.807, 2.05) is 0 Å². The third kappa shape index (κ3) is 4.36. The third-order valence-corrected chi connectivity index (χ3v) is 3.63. The molecule has 5 heteroatoms. The summed E-state index contributed by atoms with van der Waals surface area (Å²) in [5, 5.41) is 2.98. The second-order valence-corrected chi connectivity index (χ2v) is 5.30. The molecular weight excluding hydrogens is 268 g/mol. The molecule has 3 N–H and O–H groups in total. The highest BCUT2D eigenvalue weighted by Crippen LogP contribution is 2.30. The summed E-state index contributed by atoms with van der Waals surface area (Å²) in [6, 6.07) is 5.29. The van der Waals surface area contributed by atoms with Crippen LogP contribution >= 0.6 is 0 Å². The average molecular weight is 292 g/mol. The summed E-state index contributed by atoms with van der Waals surface area (Å²) < 4.78 is 10.9. The van der Waals surface area contributed by atoms with Crippen LogP contribution in [-0.2, 0) is 0 Å². The standard InChI is InChI=1S/C16H24N2O3/c1-2-3-12(6-7-17)11-18-16(19)13-4-5-14-15(10-13)21-9-8-20-14/h4-5,10,12H,2-3,6-9,11,17H2,1H3,(H,18,19). The summed E-state index contributed by atoms with van der Waals surface area (Å²) in [5.41, 5.74) is 6.21. The molecule has 2 rings (SSSR count). The van der Waals surface area contributed by atoms with Gasteiger partial charge in [0.15, 0.2) is 11.5 Å². The van der Waals surface area contributed by atoms with Gasteiger partial charge < -0.3 is 20.5 Å². The van der Waals surface area contributed by atoms with E-state index in [0.717, 1.165) is 19.3 Å². The lowest BCUT2D eigenvalue weighted by atomic mass is 10.00. The molecule has 1 atom stereocenters. The molecule has 1 amide bonds. The number of carbonyl (C=O) groups excluding carboxylic acids is 1. The summed E-state index contributed by atoms with van der Waals surface area (Å²) in [4.78, 5) is 12.2. The fourth-order valence-electron chi connectivity index (χ4n) is 2.52. The van der Waals surface area contributed by atoms with Crippen LogP contribution < -0.4 is 20.5 Å². The molecule has 0 radical (unpaired) electrons. The van der Waals surface area contributed by atoms with Gasteiger partial charge in [-0.15, -0.1) is 0 Å². The number of hydrogen-bond donors (Lipinski definition) is 2. The molecule has 1 heterocycles. The second kappa shape index (κ2) is 7.88. The van der Waals surface area contributed by atoms with Crippen molar-refractivity contribution in [2.24, 2.45) is 11.7 Å². The molecule has 21 heavy (non-hydrogen) atoms. The van der Waals surface area contributed by atoms with E-state index in [-0.39, 0.29) is 5.91 Å². The molecule has 0 aliphatic carbocycles. The minimum Gasteiger partial charge on any atom is -0.486 e. The number of hydrogen-bond acceptors (Lipinski definition) is 4. The third-order valence-electron chi connectivity index (χ3n) is 3.63. The van der Waals surface area contributed by atoms with Crippen molar-refractivity contribution < 1.29 is 14.3 Å². The van der Waals surface area contributed by atoms with Crippen LogP contribution in [-0.4, -0.2) is 32.2 Å². The Bertz CT molecular complexity index is 471. The molecule has 0 aromatic heterocycles. The zero-order chi connectivity index (χ0) is 15.1. The number of rotatable bonds is 7. The number of benzene rings is 1. The molecule has 0 spiro atoms. The number of amides is 1. The van der Waals surface area contributed by atoms with Crippen molar-refractivity contribution in [2.75, 3.05) is 26.3 Å². The van der Waals surface area contributed by atoms with E-state index in [9.17, 15) is 4.79 Å². The van der Waals surface area contributed by atoms with Gasteiger partial charge in [-0.1, -0.05) is 13.3 Å². The van der Waals surface area contributed by atoms with Crippen molar-refractivity contribution in [2.45, 2.75) is 26.2 Å². The minimum absolute atomic E-state index is 0.0786. The lowest BCUT2D eigenvalue weighted by molar-refractivity contribution is 0.0944. The quantitative estimate of drug-likeness (QED) is 0.805. The molecule has 1 aromatic rings. The smallest absolute Gasteiger partial charge is 0.251 e. The summed E-state index contributed by atoms with van der Waals surface area (Å²) in [7, 11) is 0. The molecule has 116 valence electrons. The maximum Gasteiger partial charge on any atom is 0.251 e. The fraction of sp³-hybridized carbons (Fsp3) is 0.562. The second-order valence-electron chi connectivity index (χ2n) is 5.30. The van der Waals surface area contributed by atoms with E-state index < -0.39 is 0 Å². The van der Waals surface area contributed by atoms with Crippen LogP contribution in [0.1, 0.15) is 36.5 Å². The summed E-state index contributed by atoms with van der Waals surface area (Å²) in [6.07, 6.45) is 3.12. The van der Waals surface area contributed by atoms with Gasteiger partial charge in [-0.05, 0) is 43.5 Å². The van der Waals surface area contributed by atoms with Gasteiger partial charge >= 0.3 is 0 Å². The van der Waals surface area contributed by atoms with Gasteiger partial charge in [0.25, 0.3) is 5.91 Å². The maximum absolute atomic E-state index is 12.2. The van der Waals surface area contributed by atoms with E-state index in [0.29, 0.717) is 49.3 Å². The van der Waals surface area contributed by atoms with Crippen LogP contribution in [0.15, 0.2) is 18.2 Å². The first-order valence-corrected chi connectivity index (χ1v) is 7.62. The van der Waals surface area contributed by atoms with Crippen LogP contribution in [0.5, 0.6) is 11.5 Å². The Morgan fingerprint density at radius 1 is 1.29 bits per heavy atom. The Morgan fingerprint density at radius 2 is 2.05 bits per heavy atom. The Morgan fingerprint density at radius 3 is 2.76 bits per heavy atom. The lowest BCUT2D eigenvalue weighted by Crippen LogP contribution is -2.30. The van der Waals surface area contributed by atoms with Crippen molar-refractivity contribution >= 4 is 5.91 Å². The average Bonchev–Trinajstić information content (AvgIpc) is 2.52. The first-order chi connectivity index (χ1) is 10.2. The normalized spacial score (nSPS) is 14.6. The Hall–Kier alpha value is -1.75. The van der Waals surface area contributed by atoms with Crippen LogP contribution in [0.4, 0.5) is 0 Å². The molecular formula is C16H24N2O3. The molecule has 1 unspecified atom stereocenters. The lowest BCUT2D eigenvalue weighted by Gasteiger charge is -2.19. The molecule has 0 saturated carbocycles. The van der Waals surface area contributed by atoms with Crippen molar-refractivity contribution in [3.05, 3.63) is 23.8 Å². The van der Waals surface area contributed by atoms with E-state index >= 15 is 0 Å². The summed E-state index contributed by atoms with van der Waals surface area (Å²) >= 11 is 0. The zero-order valence-corrected chi connectivity index (χ0v) is 12.6. The van der Waals surface area contributed by atoms with E-state index in [1.54, 1.807) is 18.2 Å². The van der Waals surface area contributed by atoms with E-state index in [4.69, 9.17) is 15.2 Å². The number of nitrogens with two attached hydrogens (primary N) is 1. The Balaban J connectivity index is 1.93. The van der Waals surface area contributed by atoms with Crippen molar-refractivity contribution in [3.8, 4) is 11.5 Å². The van der Waals surface area contributed by atoms with E-state index in [2.05, 4.69) is 12.2 Å². The number of nitrogens with one attached hydrogen (secondary N) is 1. The highest BCUT2D eigenvalue weighted by molar-refractivity contribution is 5.94. The predicted octanol–water partition coefficient (Wildman–Crippen LogP) is 1.95. The SMILES string of the molecule is CCCC(CCN)CNC(=O)c1ccc2c(c1)OCCO2. The molecule has 0 bridgehead atoms. The fourth-order valence-corrected chi connectivity index (χ4v) is 2.52. The maximum atomic E-state index is 12.2. The van der Waals surface area contributed by atoms with Crippen LogP contribution in [0.25, 0.3) is 0 Å². The van der Waals surface area contributed by atoms with Crippen molar-refractivity contribution in [1.29, 1.82) is 0 Å². The van der Waals surface area contributed by atoms with Gasteiger partial charge in [0, 0.05) is 12.1 Å². The van der Waals surface area contributed by atoms with Gasteiger partial charge in [0.1, 0.15) is 13.2 Å². The first kappa shape index (κ1) is 15.6. The van der Waals surface area contributed by atoms with Crippen LogP contribution in [0.2, 0.25) is 0 Å². The highest BCUT2D eigenvalue weighted by atomic mass is 16.6. The molecule has 0 saturated heterocycles. The molecule has 1 aliphatic rings. The van der Waals surface area contributed by atoms with Crippen molar-refractivity contribution in [1.82, 2.24) is 5.32 Å². The van der Waals surface area contributed by atoms with Crippen molar-refractivity contribution in [3.63, 3.8) is 0 Å². The zero-order valence-electron chi connectivity index (χ0n) is 12.6. The Labute approximate surface area is 125 Å². The Kier molecular flexibility index (Phi) is 5.87. The predicted molar refractivity (Wildman–Crippen MR) is 81.8 cm³/mol. The molecule has 1 aliphatic heterocycles. The van der Waals surface area contributed by atoms with Crippen LogP contribution in [0, 0.1) is 5.92 Å². The molecule has 1 aromatic carbocycles. The topological polar surface area (TPSA) is 73.6 Å². The van der Waals surface area contributed by atoms with Gasteiger partial charge in [0.05, 0.1) is 0 Å². The summed E-state index contributed by atoms with van der Waals surface area (Å²) in [6.45, 7) is 4.54. The van der Waals surface area contributed by atoms with Gasteiger partial charge in [-0.3, -0.25) is 4.79 Å². The number of carbonyl (C=O) groups is 1. The summed E-state index contributed by atoms with van der Waals surface area (Å²) in [5.74, 6) is 1.71. The highest BCUT2D eigenvalue weighted by Gasteiger charge is 2.15. The number of fused-ring (bicyclic) bond motifs is 1. The van der Waals surface area contributed by atoms with Gasteiger partial charge in [-0.2, -0.15) is 0 Å². The number of ether oxygens (including phenoxy) is 2. The monoisotopic (exact) mass is 292 g/mol. The molecule has 0 fully saturated rings. The van der Waals surface area contributed by atoms with E-state index in [1.165, 1.54) is 0 Å². The molecule has 5 nitrogen and oxygen atoms in total. The largest absolute Gasteiger partial charge is 0.486 e.